The molecule has 2 nitrogen and oxygen atoms in total. The molecule has 0 saturated carbocycles. The van der Waals surface area contributed by atoms with Gasteiger partial charge in [0.25, 0.3) is 6.43 Å². The summed E-state index contributed by atoms with van der Waals surface area (Å²) in [6.07, 6.45) is -0.387. The van der Waals surface area contributed by atoms with Crippen LogP contribution in [-0.4, -0.2) is 43.0 Å². The van der Waals surface area contributed by atoms with Gasteiger partial charge >= 0.3 is 0 Å². The van der Waals surface area contributed by atoms with Gasteiger partial charge < -0.3 is 5.32 Å². The molecule has 1 heterocycles. The Balaban J connectivity index is 1.95. The minimum absolute atomic E-state index is 0.107. The van der Waals surface area contributed by atoms with E-state index in [9.17, 15) is 8.78 Å². The highest BCUT2D eigenvalue weighted by atomic mass is 19.3. The van der Waals surface area contributed by atoms with Crippen molar-refractivity contribution in [2.24, 2.45) is 5.92 Å². The molecule has 21 heavy (non-hydrogen) atoms. The topological polar surface area (TPSA) is 15.3 Å². The number of nitrogens with one attached hydrogen (secondary N) is 1. The first-order chi connectivity index (χ1) is 10.0. The molecule has 0 amide bonds. The molecule has 0 aromatic heterocycles. The quantitative estimate of drug-likeness (QED) is 0.867. The Labute approximate surface area is 126 Å². The van der Waals surface area contributed by atoms with Crippen LogP contribution in [0.1, 0.15) is 25.8 Å². The standard InChI is InChI=1S/C17H26F2N2/c1-13(2)8-16-10-20-15(11-21(16)12-17(18)19)9-14-6-4-3-5-7-14/h3-7,13,15-17,20H,8-12H2,1-2H3. The van der Waals surface area contributed by atoms with E-state index in [0.717, 1.165) is 19.4 Å². The summed E-state index contributed by atoms with van der Waals surface area (Å²) >= 11 is 0. The van der Waals surface area contributed by atoms with E-state index in [4.69, 9.17) is 0 Å². The summed E-state index contributed by atoms with van der Waals surface area (Å²) in [5.41, 5.74) is 1.26. The molecule has 2 unspecified atom stereocenters. The number of nitrogens with zero attached hydrogens (tertiary/aromatic N) is 1. The summed E-state index contributed by atoms with van der Waals surface area (Å²) in [5, 5.41) is 3.54. The van der Waals surface area contributed by atoms with Gasteiger partial charge in [-0.2, -0.15) is 0 Å². The maximum absolute atomic E-state index is 12.8. The molecule has 0 radical (unpaired) electrons. The van der Waals surface area contributed by atoms with Crippen LogP contribution in [0.25, 0.3) is 0 Å². The van der Waals surface area contributed by atoms with Gasteiger partial charge in [0, 0.05) is 25.2 Å². The first kappa shape index (κ1) is 16.4. The van der Waals surface area contributed by atoms with Gasteiger partial charge in [-0.05, 0) is 24.3 Å². The second-order valence-corrected chi connectivity index (χ2v) is 6.42. The lowest BCUT2D eigenvalue weighted by Gasteiger charge is -2.41. The van der Waals surface area contributed by atoms with Crippen LogP contribution in [0.5, 0.6) is 0 Å². The zero-order valence-electron chi connectivity index (χ0n) is 12.9. The fourth-order valence-corrected chi connectivity index (χ4v) is 3.14. The number of benzene rings is 1. The van der Waals surface area contributed by atoms with Crippen molar-refractivity contribution in [3.63, 3.8) is 0 Å². The Hall–Kier alpha value is -1.00. The van der Waals surface area contributed by atoms with Crippen LogP contribution in [0.15, 0.2) is 30.3 Å². The summed E-state index contributed by atoms with van der Waals surface area (Å²) < 4.78 is 25.6. The summed E-state index contributed by atoms with van der Waals surface area (Å²) in [7, 11) is 0. The minimum atomic E-state index is -2.25. The Kier molecular flexibility index (Phi) is 6.12. The van der Waals surface area contributed by atoms with Crippen LogP contribution in [0.2, 0.25) is 0 Å². The predicted molar refractivity (Wildman–Crippen MR) is 82.8 cm³/mol. The largest absolute Gasteiger partial charge is 0.311 e. The molecular weight excluding hydrogens is 270 g/mol. The van der Waals surface area contributed by atoms with Crippen LogP contribution >= 0.6 is 0 Å². The van der Waals surface area contributed by atoms with E-state index in [1.54, 1.807) is 0 Å². The minimum Gasteiger partial charge on any atom is -0.311 e. The molecule has 1 aromatic carbocycles. The fraction of sp³-hybridized carbons (Fsp3) is 0.647. The molecule has 1 aliphatic heterocycles. The number of rotatable bonds is 6. The third-order valence-corrected chi connectivity index (χ3v) is 4.05. The summed E-state index contributed by atoms with van der Waals surface area (Å²) in [6, 6.07) is 10.7. The van der Waals surface area contributed by atoms with Gasteiger partial charge in [0.2, 0.25) is 0 Å². The summed E-state index contributed by atoms with van der Waals surface area (Å²) in [6.45, 7) is 5.70. The van der Waals surface area contributed by atoms with Crippen molar-refractivity contribution in [2.75, 3.05) is 19.6 Å². The normalized spacial score (nSPS) is 23.9. The maximum atomic E-state index is 12.8. The lowest BCUT2D eigenvalue weighted by Crippen LogP contribution is -2.58. The highest BCUT2D eigenvalue weighted by Crippen LogP contribution is 2.18. The Morgan fingerprint density at radius 3 is 2.57 bits per heavy atom. The number of piperazine rings is 1. The number of hydrogen-bond donors (Lipinski definition) is 1. The van der Waals surface area contributed by atoms with E-state index >= 15 is 0 Å². The van der Waals surface area contributed by atoms with Crippen molar-refractivity contribution in [1.29, 1.82) is 0 Å². The van der Waals surface area contributed by atoms with Crippen molar-refractivity contribution in [1.82, 2.24) is 10.2 Å². The highest BCUT2D eigenvalue weighted by molar-refractivity contribution is 5.16. The summed E-state index contributed by atoms with van der Waals surface area (Å²) in [4.78, 5) is 1.98. The molecule has 0 aliphatic carbocycles. The van der Waals surface area contributed by atoms with Crippen molar-refractivity contribution < 1.29 is 8.78 Å². The van der Waals surface area contributed by atoms with E-state index in [1.165, 1.54) is 5.56 Å². The first-order valence-electron chi connectivity index (χ1n) is 7.84. The van der Waals surface area contributed by atoms with Crippen molar-refractivity contribution in [3.8, 4) is 0 Å². The molecule has 0 spiro atoms. The van der Waals surface area contributed by atoms with E-state index in [2.05, 4.69) is 31.3 Å². The third-order valence-electron chi connectivity index (χ3n) is 4.05. The molecule has 2 rings (SSSR count). The maximum Gasteiger partial charge on any atom is 0.251 e. The molecule has 0 bridgehead atoms. The van der Waals surface area contributed by atoms with Crippen LogP contribution in [0.4, 0.5) is 8.78 Å². The van der Waals surface area contributed by atoms with Crippen molar-refractivity contribution >= 4 is 0 Å². The molecule has 1 fully saturated rings. The van der Waals surface area contributed by atoms with Gasteiger partial charge in [0.1, 0.15) is 0 Å². The molecule has 1 N–H and O–H groups in total. The smallest absolute Gasteiger partial charge is 0.251 e. The van der Waals surface area contributed by atoms with E-state index in [0.29, 0.717) is 12.5 Å². The third kappa shape index (κ3) is 5.36. The second kappa shape index (κ2) is 7.85. The average molecular weight is 296 g/mol. The van der Waals surface area contributed by atoms with E-state index in [-0.39, 0.29) is 18.6 Å². The fourth-order valence-electron chi connectivity index (χ4n) is 3.14. The Morgan fingerprint density at radius 1 is 1.24 bits per heavy atom. The first-order valence-corrected chi connectivity index (χ1v) is 7.84. The molecular formula is C17H26F2N2. The summed E-state index contributed by atoms with van der Waals surface area (Å²) in [5.74, 6) is 0.530. The van der Waals surface area contributed by atoms with Gasteiger partial charge in [-0.3, -0.25) is 4.90 Å². The van der Waals surface area contributed by atoms with E-state index < -0.39 is 6.43 Å². The number of halogens is 2. The molecule has 1 aromatic rings. The molecule has 1 saturated heterocycles. The molecule has 1 aliphatic rings. The van der Waals surface area contributed by atoms with Crippen LogP contribution in [-0.2, 0) is 6.42 Å². The zero-order valence-corrected chi connectivity index (χ0v) is 12.9. The van der Waals surface area contributed by atoms with E-state index in [1.807, 2.05) is 23.1 Å². The molecule has 2 atom stereocenters. The number of alkyl halides is 2. The SMILES string of the molecule is CC(C)CC1CNC(Cc2ccccc2)CN1CC(F)F. The van der Waals surface area contributed by atoms with Crippen molar-refractivity contribution in [2.45, 2.75) is 45.2 Å². The average Bonchev–Trinajstić information content (AvgIpc) is 2.42. The highest BCUT2D eigenvalue weighted by Gasteiger charge is 2.29. The van der Waals surface area contributed by atoms with Gasteiger partial charge in [-0.15, -0.1) is 0 Å². The van der Waals surface area contributed by atoms with Gasteiger partial charge in [0.05, 0.1) is 6.54 Å². The second-order valence-electron chi connectivity index (χ2n) is 6.42. The Morgan fingerprint density at radius 2 is 1.95 bits per heavy atom. The Bertz CT molecular complexity index is 409. The monoisotopic (exact) mass is 296 g/mol. The zero-order chi connectivity index (χ0) is 15.2. The van der Waals surface area contributed by atoms with Crippen LogP contribution in [0.3, 0.4) is 0 Å². The van der Waals surface area contributed by atoms with Gasteiger partial charge in [0.15, 0.2) is 0 Å². The van der Waals surface area contributed by atoms with Crippen LogP contribution in [0, 0.1) is 5.92 Å². The lowest BCUT2D eigenvalue weighted by atomic mass is 9.96. The van der Waals surface area contributed by atoms with Crippen molar-refractivity contribution in [3.05, 3.63) is 35.9 Å². The van der Waals surface area contributed by atoms with Crippen LogP contribution < -0.4 is 5.32 Å². The predicted octanol–water partition coefficient (Wildman–Crippen LogP) is 3.18. The molecule has 4 heteroatoms. The van der Waals surface area contributed by atoms with Gasteiger partial charge in [-0.1, -0.05) is 44.2 Å². The molecule has 118 valence electrons. The number of hydrogen-bond acceptors (Lipinski definition) is 2. The lowest BCUT2D eigenvalue weighted by molar-refractivity contribution is 0.0366. The van der Waals surface area contributed by atoms with Gasteiger partial charge in [-0.25, -0.2) is 8.78 Å².